The van der Waals surface area contributed by atoms with Crippen molar-refractivity contribution in [2.24, 2.45) is 13.0 Å². The van der Waals surface area contributed by atoms with Crippen LogP contribution in [0, 0.1) is 5.92 Å². The lowest BCUT2D eigenvalue weighted by Gasteiger charge is -2.58. The second-order valence-corrected chi connectivity index (χ2v) is 12.2. The molecule has 5 rings (SSSR count). The lowest BCUT2D eigenvalue weighted by molar-refractivity contribution is -0.0475. The van der Waals surface area contributed by atoms with Crippen LogP contribution in [0.15, 0.2) is 49.3 Å². The maximum absolute atomic E-state index is 13.3. The molecular formula is C25H36N4OS. The summed E-state index contributed by atoms with van der Waals surface area (Å²) in [7, 11) is 1.94. The quantitative estimate of drug-likeness (QED) is 0.505. The smallest absolute Gasteiger partial charge is 0.136 e. The van der Waals surface area contributed by atoms with Crippen molar-refractivity contribution in [1.29, 1.82) is 0 Å². The Morgan fingerprint density at radius 1 is 1.32 bits per heavy atom. The molecule has 3 heterocycles. The van der Waals surface area contributed by atoms with E-state index in [4.69, 9.17) is 0 Å². The van der Waals surface area contributed by atoms with Crippen LogP contribution in [0.25, 0.3) is 11.1 Å². The lowest BCUT2D eigenvalue weighted by Crippen LogP contribution is -2.64. The van der Waals surface area contributed by atoms with E-state index in [2.05, 4.69) is 45.6 Å². The number of aryl methyl sites for hydroxylation is 1. The first-order valence-electron chi connectivity index (χ1n) is 11.4. The van der Waals surface area contributed by atoms with Crippen molar-refractivity contribution in [1.82, 2.24) is 19.4 Å². The summed E-state index contributed by atoms with van der Waals surface area (Å²) in [6, 6.07) is 8.70. The van der Waals surface area contributed by atoms with Crippen LogP contribution in [0.1, 0.15) is 58.1 Å². The summed E-state index contributed by atoms with van der Waals surface area (Å²) in [6.45, 7) is 12.1. The van der Waals surface area contributed by atoms with Gasteiger partial charge >= 0.3 is 0 Å². The molecule has 1 N–H and O–H groups in total. The molecule has 5 nitrogen and oxygen atoms in total. The molecule has 2 aliphatic heterocycles. The highest BCUT2D eigenvalue weighted by Crippen LogP contribution is 2.50. The molecule has 1 aliphatic carbocycles. The van der Waals surface area contributed by atoms with Crippen LogP contribution < -0.4 is 4.72 Å². The van der Waals surface area contributed by atoms with Crippen molar-refractivity contribution >= 4 is 11.4 Å². The van der Waals surface area contributed by atoms with Gasteiger partial charge in [0.25, 0.3) is 0 Å². The molecule has 31 heavy (non-hydrogen) atoms. The lowest BCUT2D eigenvalue weighted by atomic mass is 9.65. The number of nitrogens with zero attached hydrogens (tertiary/aromatic N) is 3. The summed E-state index contributed by atoms with van der Waals surface area (Å²) in [5.41, 5.74) is 3.41. The Morgan fingerprint density at radius 2 is 2.06 bits per heavy atom. The van der Waals surface area contributed by atoms with E-state index in [1.807, 2.05) is 51.0 Å². The summed E-state index contributed by atoms with van der Waals surface area (Å²) in [6.07, 6.45) is 10.7. The fourth-order valence-electron chi connectivity index (χ4n) is 5.29. The van der Waals surface area contributed by atoms with E-state index in [1.54, 1.807) is 0 Å². The van der Waals surface area contributed by atoms with Gasteiger partial charge in [-0.2, -0.15) is 5.10 Å². The summed E-state index contributed by atoms with van der Waals surface area (Å²) in [5.74, 6) is 0.775. The molecule has 3 aliphatic rings. The Labute approximate surface area is 190 Å². The van der Waals surface area contributed by atoms with Crippen LogP contribution in [0.3, 0.4) is 0 Å². The fraction of sp³-hybridized carbons (Fsp3) is 0.560. The van der Waals surface area contributed by atoms with Gasteiger partial charge in [-0.1, -0.05) is 24.3 Å². The average molecular weight is 441 g/mol. The van der Waals surface area contributed by atoms with Crippen LogP contribution in [-0.4, -0.2) is 42.6 Å². The monoisotopic (exact) mass is 440 g/mol. The van der Waals surface area contributed by atoms with E-state index >= 15 is 0 Å². The molecule has 0 amide bonds. The van der Waals surface area contributed by atoms with Crippen LogP contribution in [0.4, 0.5) is 0 Å². The number of fused-ring (bicyclic) bond motifs is 3. The number of rotatable bonds is 7. The van der Waals surface area contributed by atoms with Crippen LogP contribution in [0.2, 0.25) is 0 Å². The second kappa shape index (κ2) is 8.74. The number of nitrogens with one attached hydrogen (secondary N) is 1. The van der Waals surface area contributed by atoms with E-state index in [1.165, 1.54) is 18.4 Å². The van der Waals surface area contributed by atoms with Gasteiger partial charge in [0.15, 0.2) is 0 Å². The Hall–Kier alpha value is -1.60. The van der Waals surface area contributed by atoms with Gasteiger partial charge in [-0.05, 0) is 69.6 Å². The Bertz CT molecular complexity index is 910. The van der Waals surface area contributed by atoms with Gasteiger partial charge in [0.1, 0.15) is 4.75 Å². The van der Waals surface area contributed by atoms with Crippen LogP contribution >= 0.6 is 0 Å². The van der Waals surface area contributed by atoms with Gasteiger partial charge in [-0.3, -0.25) is 9.58 Å². The Balaban J connectivity index is 1.77. The molecule has 0 radical (unpaired) electrons. The number of aromatic nitrogens is 2. The molecule has 1 aromatic heterocycles. The van der Waals surface area contributed by atoms with E-state index in [9.17, 15) is 4.55 Å². The van der Waals surface area contributed by atoms with Crippen molar-refractivity contribution in [2.75, 3.05) is 13.1 Å². The molecule has 2 saturated heterocycles. The standard InChI is InChI=1S/C25H36N4OS/c1-6-14-29-17-19-10-12-25(29,13-11-19)23(27-31(30)24(2,3)4)21-9-7-8-20(15-21)22-16-26-28(5)18-22/h6-9,15-16,18-19,23,27H,1,10-14,17H2,2-5H3. The van der Waals surface area contributed by atoms with Crippen LogP contribution in [-0.2, 0) is 18.4 Å². The number of hydrogen-bond acceptors (Lipinski definition) is 4. The first kappa shape index (κ1) is 22.6. The summed E-state index contributed by atoms with van der Waals surface area (Å²) >= 11 is -1.16. The molecule has 6 heteroatoms. The normalized spacial score (nSPS) is 26.0. The maximum Gasteiger partial charge on any atom is 0.136 e. The molecule has 2 bridgehead atoms. The zero-order valence-corrected chi connectivity index (χ0v) is 20.1. The molecule has 2 unspecified atom stereocenters. The minimum absolute atomic E-state index is 0.00891. The predicted octanol–water partition coefficient (Wildman–Crippen LogP) is 4.61. The van der Waals surface area contributed by atoms with Gasteiger partial charge in [0, 0.05) is 48.8 Å². The van der Waals surface area contributed by atoms with Gasteiger partial charge in [-0.15, -0.1) is 11.3 Å². The second-order valence-electron chi connectivity index (χ2n) is 10.2. The van der Waals surface area contributed by atoms with E-state index in [0.717, 1.165) is 43.0 Å². The van der Waals surface area contributed by atoms with Gasteiger partial charge < -0.3 is 4.55 Å². The first-order chi connectivity index (χ1) is 14.7. The minimum Gasteiger partial charge on any atom is -0.598 e. The topological polar surface area (TPSA) is 56.1 Å². The highest BCUT2D eigenvalue weighted by Gasteiger charge is 2.53. The van der Waals surface area contributed by atoms with E-state index < -0.39 is 11.4 Å². The predicted molar refractivity (Wildman–Crippen MR) is 129 cm³/mol. The van der Waals surface area contributed by atoms with E-state index in [0.29, 0.717) is 0 Å². The minimum atomic E-state index is -1.16. The zero-order chi connectivity index (χ0) is 22.2. The van der Waals surface area contributed by atoms with Gasteiger partial charge in [0.05, 0.1) is 12.2 Å². The van der Waals surface area contributed by atoms with Gasteiger partial charge in [-0.25, -0.2) is 0 Å². The largest absolute Gasteiger partial charge is 0.598 e. The molecule has 0 spiro atoms. The molecule has 1 aromatic carbocycles. The molecule has 168 valence electrons. The number of hydrogen-bond donors (Lipinski definition) is 1. The summed E-state index contributed by atoms with van der Waals surface area (Å²) < 4.78 is 18.4. The van der Waals surface area contributed by atoms with Crippen molar-refractivity contribution in [2.45, 2.75) is 62.8 Å². The molecule has 1 saturated carbocycles. The molecule has 2 atom stereocenters. The number of benzene rings is 1. The fourth-order valence-corrected chi connectivity index (χ4v) is 6.22. The van der Waals surface area contributed by atoms with Crippen molar-refractivity contribution in [3.8, 4) is 11.1 Å². The van der Waals surface area contributed by atoms with Gasteiger partial charge in [0.2, 0.25) is 0 Å². The van der Waals surface area contributed by atoms with Crippen molar-refractivity contribution in [3.05, 3.63) is 54.9 Å². The molecular weight excluding hydrogens is 404 g/mol. The number of piperidine rings is 2. The summed E-state index contributed by atoms with van der Waals surface area (Å²) in [5, 5.41) is 4.34. The Kier molecular flexibility index (Phi) is 6.37. The SMILES string of the molecule is C=CCN1CC2CCC1(C(N[S+]([O-])C(C)(C)C)c1cccc(-c3cnn(C)c3)c1)CC2. The Morgan fingerprint density at radius 3 is 2.68 bits per heavy atom. The average Bonchev–Trinajstić information content (AvgIpc) is 3.19. The molecule has 2 aromatic rings. The third kappa shape index (κ3) is 4.49. The molecule has 3 fully saturated rings. The highest BCUT2D eigenvalue weighted by molar-refractivity contribution is 7.90. The van der Waals surface area contributed by atoms with Crippen molar-refractivity contribution < 1.29 is 4.55 Å². The van der Waals surface area contributed by atoms with E-state index in [-0.39, 0.29) is 16.3 Å². The summed E-state index contributed by atoms with van der Waals surface area (Å²) in [4.78, 5) is 2.60. The highest BCUT2D eigenvalue weighted by atomic mass is 32.2. The first-order valence-corrected chi connectivity index (χ1v) is 12.5. The maximum atomic E-state index is 13.3. The third-order valence-corrected chi connectivity index (χ3v) is 8.57. The van der Waals surface area contributed by atoms with Crippen molar-refractivity contribution in [3.63, 3.8) is 0 Å². The third-order valence-electron chi connectivity index (χ3n) is 7.01. The van der Waals surface area contributed by atoms with Crippen LogP contribution in [0.5, 0.6) is 0 Å². The zero-order valence-electron chi connectivity index (χ0n) is 19.3.